The largest absolute Gasteiger partial charge is 0.473 e. The van der Waals surface area contributed by atoms with E-state index >= 15 is 0 Å². The van der Waals surface area contributed by atoms with E-state index in [4.69, 9.17) is 4.74 Å². The molecular formula is C12H11BrN2O2. The standard InChI is InChI=1S/C12H11BrN2O2/c1-15-6-5-9(7-12(15)16)8-17-11-4-2-3-10(13)14-11/h2-7H,8H2,1H3. The molecule has 2 rings (SSSR count). The number of hydrogen-bond acceptors (Lipinski definition) is 3. The van der Waals surface area contributed by atoms with Crippen LogP contribution in [-0.4, -0.2) is 9.55 Å². The summed E-state index contributed by atoms with van der Waals surface area (Å²) in [6.45, 7) is 0.333. The summed E-state index contributed by atoms with van der Waals surface area (Å²) in [7, 11) is 1.71. The minimum absolute atomic E-state index is 0.0479. The molecule has 4 nitrogen and oxygen atoms in total. The predicted octanol–water partition coefficient (Wildman–Crippen LogP) is 2.12. The van der Waals surface area contributed by atoms with Gasteiger partial charge in [0.25, 0.3) is 5.56 Å². The van der Waals surface area contributed by atoms with E-state index in [1.807, 2.05) is 18.2 Å². The third-order valence-electron chi connectivity index (χ3n) is 2.24. The highest BCUT2D eigenvalue weighted by molar-refractivity contribution is 9.10. The monoisotopic (exact) mass is 294 g/mol. The molecule has 0 saturated carbocycles. The van der Waals surface area contributed by atoms with E-state index in [1.165, 1.54) is 4.57 Å². The van der Waals surface area contributed by atoms with Crippen molar-refractivity contribution in [2.45, 2.75) is 6.61 Å². The van der Waals surface area contributed by atoms with Crippen LogP contribution in [-0.2, 0) is 13.7 Å². The molecule has 0 fully saturated rings. The van der Waals surface area contributed by atoms with Crippen molar-refractivity contribution in [3.63, 3.8) is 0 Å². The second-order valence-corrected chi connectivity index (χ2v) is 4.38. The molecule has 0 aliphatic heterocycles. The van der Waals surface area contributed by atoms with E-state index in [2.05, 4.69) is 20.9 Å². The molecular weight excluding hydrogens is 284 g/mol. The molecule has 0 amide bonds. The molecule has 0 aliphatic carbocycles. The molecule has 0 spiro atoms. The lowest BCUT2D eigenvalue weighted by Crippen LogP contribution is -2.15. The van der Waals surface area contributed by atoms with Gasteiger partial charge in [-0.15, -0.1) is 0 Å². The van der Waals surface area contributed by atoms with Crippen LogP contribution in [0, 0.1) is 0 Å². The Hall–Kier alpha value is -1.62. The van der Waals surface area contributed by atoms with Crippen molar-refractivity contribution >= 4 is 15.9 Å². The van der Waals surface area contributed by atoms with Gasteiger partial charge in [0.05, 0.1) is 0 Å². The van der Waals surface area contributed by atoms with Crippen LogP contribution in [0.5, 0.6) is 5.88 Å². The van der Waals surface area contributed by atoms with Gasteiger partial charge in [-0.3, -0.25) is 4.79 Å². The van der Waals surface area contributed by atoms with Crippen LogP contribution >= 0.6 is 15.9 Å². The molecule has 2 aromatic heterocycles. The Morgan fingerprint density at radius 3 is 2.94 bits per heavy atom. The zero-order valence-electron chi connectivity index (χ0n) is 9.26. The topological polar surface area (TPSA) is 44.1 Å². The first-order valence-corrected chi connectivity index (χ1v) is 5.85. The fourth-order valence-electron chi connectivity index (χ4n) is 1.31. The molecule has 0 aliphatic rings. The van der Waals surface area contributed by atoms with Crippen molar-refractivity contribution in [2.75, 3.05) is 0 Å². The minimum Gasteiger partial charge on any atom is -0.473 e. The number of halogens is 1. The lowest BCUT2D eigenvalue weighted by Gasteiger charge is -2.05. The fourth-order valence-corrected chi connectivity index (χ4v) is 1.63. The summed E-state index contributed by atoms with van der Waals surface area (Å²) in [6.07, 6.45) is 1.72. The van der Waals surface area contributed by atoms with Crippen LogP contribution in [0.3, 0.4) is 0 Å². The van der Waals surface area contributed by atoms with E-state index < -0.39 is 0 Å². The fraction of sp³-hybridized carbons (Fsp3) is 0.167. The van der Waals surface area contributed by atoms with Gasteiger partial charge in [0.15, 0.2) is 0 Å². The average molecular weight is 295 g/mol. The van der Waals surface area contributed by atoms with Crippen LogP contribution in [0.1, 0.15) is 5.56 Å². The average Bonchev–Trinajstić information content (AvgIpc) is 2.31. The highest BCUT2D eigenvalue weighted by atomic mass is 79.9. The lowest BCUT2D eigenvalue weighted by atomic mass is 10.3. The first-order chi connectivity index (χ1) is 8.15. The number of aromatic nitrogens is 2. The number of hydrogen-bond donors (Lipinski definition) is 0. The van der Waals surface area contributed by atoms with Gasteiger partial charge in [-0.25, -0.2) is 4.98 Å². The molecule has 0 saturated heterocycles. The van der Waals surface area contributed by atoms with Gasteiger partial charge in [-0.05, 0) is 33.6 Å². The first-order valence-electron chi connectivity index (χ1n) is 5.06. The van der Waals surface area contributed by atoms with E-state index in [0.717, 1.165) is 10.2 Å². The van der Waals surface area contributed by atoms with Gasteiger partial charge < -0.3 is 9.30 Å². The third-order valence-corrected chi connectivity index (χ3v) is 2.69. The number of pyridine rings is 2. The quantitative estimate of drug-likeness (QED) is 0.815. The Morgan fingerprint density at radius 2 is 2.24 bits per heavy atom. The van der Waals surface area contributed by atoms with Crippen molar-refractivity contribution in [3.05, 3.63) is 57.0 Å². The summed E-state index contributed by atoms with van der Waals surface area (Å²) in [5.74, 6) is 0.528. The van der Waals surface area contributed by atoms with Gasteiger partial charge in [0.2, 0.25) is 5.88 Å². The summed E-state index contributed by atoms with van der Waals surface area (Å²) in [5, 5.41) is 0. The second kappa shape index (κ2) is 5.14. The van der Waals surface area contributed by atoms with Gasteiger partial charge in [-0.1, -0.05) is 6.07 Å². The van der Waals surface area contributed by atoms with Crippen molar-refractivity contribution in [1.29, 1.82) is 0 Å². The second-order valence-electron chi connectivity index (χ2n) is 3.57. The highest BCUT2D eigenvalue weighted by Gasteiger charge is 1.99. The third kappa shape index (κ3) is 3.17. The number of rotatable bonds is 3. The van der Waals surface area contributed by atoms with E-state index in [9.17, 15) is 4.79 Å². The van der Waals surface area contributed by atoms with Crippen LogP contribution in [0.2, 0.25) is 0 Å². The Bertz CT molecular complexity index is 581. The maximum atomic E-state index is 11.4. The van der Waals surface area contributed by atoms with E-state index in [-0.39, 0.29) is 5.56 Å². The Morgan fingerprint density at radius 1 is 1.41 bits per heavy atom. The molecule has 0 bridgehead atoms. The van der Waals surface area contributed by atoms with Crippen molar-refractivity contribution in [3.8, 4) is 5.88 Å². The molecule has 0 radical (unpaired) electrons. The summed E-state index contributed by atoms with van der Waals surface area (Å²) in [4.78, 5) is 15.5. The minimum atomic E-state index is -0.0479. The number of nitrogens with zero attached hydrogens (tertiary/aromatic N) is 2. The molecule has 17 heavy (non-hydrogen) atoms. The van der Waals surface area contributed by atoms with Crippen molar-refractivity contribution < 1.29 is 4.74 Å². The first kappa shape index (κ1) is 11.9. The number of aryl methyl sites for hydroxylation is 1. The van der Waals surface area contributed by atoms with Crippen LogP contribution in [0.15, 0.2) is 45.9 Å². The molecule has 0 aromatic carbocycles. The summed E-state index contributed by atoms with van der Waals surface area (Å²) in [5.41, 5.74) is 0.781. The molecule has 5 heteroatoms. The lowest BCUT2D eigenvalue weighted by molar-refractivity contribution is 0.293. The smallest absolute Gasteiger partial charge is 0.250 e. The maximum Gasteiger partial charge on any atom is 0.250 e. The molecule has 0 atom stereocenters. The summed E-state index contributed by atoms with van der Waals surface area (Å²) in [6, 6.07) is 8.84. The van der Waals surface area contributed by atoms with Gasteiger partial charge in [0, 0.05) is 25.4 Å². The van der Waals surface area contributed by atoms with Gasteiger partial charge >= 0.3 is 0 Å². The highest BCUT2D eigenvalue weighted by Crippen LogP contribution is 2.13. The SMILES string of the molecule is Cn1ccc(COc2cccc(Br)n2)cc1=O. The zero-order valence-corrected chi connectivity index (χ0v) is 10.8. The van der Waals surface area contributed by atoms with Crippen LogP contribution < -0.4 is 10.3 Å². The number of ether oxygens (including phenoxy) is 1. The van der Waals surface area contributed by atoms with Crippen molar-refractivity contribution in [1.82, 2.24) is 9.55 Å². The Labute approximate surface area is 107 Å². The van der Waals surface area contributed by atoms with E-state index in [0.29, 0.717) is 12.5 Å². The molecule has 2 aromatic rings. The summed E-state index contributed by atoms with van der Waals surface area (Å²) >= 11 is 3.27. The molecule has 2 heterocycles. The Balaban J connectivity index is 2.07. The van der Waals surface area contributed by atoms with Gasteiger partial charge in [-0.2, -0.15) is 0 Å². The molecule has 0 unspecified atom stereocenters. The van der Waals surface area contributed by atoms with Crippen molar-refractivity contribution in [2.24, 2.45) is 7.05 Å². The molecule has 88 valence electrons. The Kier molecular flexibility index (Phi) is 3.58. The van der Waals surface area contributed by atoms with Crippen LogP contribution in [0.4, 0.5) is 0 Å². The maximum absolute atomic E-state index is 11.4. The molecule has 0 N–H and O–H groups in total. The zero-order chi connectivity index (χ0) is 12.3. The normalized spacial score (nSPS) is 10.2. The van der Waals surface area contributed by atoms with Crippen LogP contribution in [0.25, 0.3) is 0 Å². The predicted molar refractivity (Wildman–Crippen MR) is 68.0 cm³/mol. The summed E-state index contributed by atoms with van der Waals surface area (Å²) < 4.78 is 7.71. The van der Waals surface area contributed by atoms with E-state index in [1.54, 1.807) is 25.4 Å². The van der Waals surface area contributed by atoms with Gasteiger partial charge in [0.1, 0.15) is 11.2 Å².